The first-order chi connectivity index (χ1) is 12.9. The predicted molar refractivity (Wildman–Crippen MR) is 107 cm³/mol. The van der Waals surface area contributed by atoms with Crippen molar-refractivity contribution in [2.24, 2.45) is 0 Å². The minimum absolute atomic E-state index is 0.141. The molecule has 0 fully saturated rings. The first-order valence-corrected chi connectivity index (χ1v) is 9.90. The van der Waals surface area contributed by atoms with Crippen molar-refractivity contribution in [2.75, 3.05) is 12.4 Å². The van der Waals surface area contributed by atoms with Crippen molar-refractivity contribution in [1.29, 1.82) is 0 Å². The molecular weight excluding hydrogens is 360 g/mol. The quantitative estimate of drug-likeness (QED) is 0.706. The number of benzene rings is 3. The maximum Gasteiger partial charge on any atom is 0.255 e. The van der Waals surface area contributed by atoms with Crippen LogP contribution in [0.3, 0.4) is 0 Å². The Morgan fingerprint density at radius 2 is 1.48 bits per heavy atom. The number of carbonyl (C=O) groups excluding carboxylic acids is 1. The Hall–Kier alpha value is -2.96. The van der Waals surface area contributed by atoms with E-state index in [0.29, 0.717) is 16.8 Å². The molecule has 3 aromatic carbocycles. The Labute approximate surface area is 159 Å². The van der Waals surface area contributed by atoms with Gasteiger partial charge in [0.05, 0.1) is 4.90 Å². The summed E-state index contributed by atoms with van der Waals surface area (Å²) < 4.78 is 26.4. The predicted octanol–water partition coefficient (Wildman–Crippen LogP) is 3.82. The van der Waals surface area contributed by atoms with Crippen LogP contribution in [-0.2, 0) is 10.0 Å². The van der Waals surface area contributed by atoms with Crippen LogP contribution in [0.1, 0.15) is 15.9 Å². The third-order valence-electron chi connectivity index (χ3n) is 4.26. The van der Waals surface area contributed by atoms with E-state index in [9.17, 15) is 13.2 Å². The molecule has 0 heterocycles. The summed E-state index contributed by atoms with van der Waals surface area (Å²) in [4.78, 5) is 12.6. The van der Waals surface area contributed by atoms with Gasteiger partial charge in [-0.3, -0.25) is 4.79 Å². The van der Waals surface area contributed by atoms with Gasteiger partial charge in [-0.2, -0.15) is 0 Å². The van der Waals surface area contributed by atoms with Crippen LogP contribution in [0, 0.1) is 6.92 Å². The van der Waals surface area contributed by atoms with Crippen LogP contribution in [0.2, 0.25) is 0 Å². The number of hydrogen-bond acceptors (Lipinski definition) is 3. The summed E-state index contributed by atoms with van der Waals surface area (Å²) in [6.07, 6.45) is 0. The molecule has 0 saturated carbocycles. The molecule has 5 nitrogen and oxygen atoms in total. The van der Waals surface area contributed by atoms with Gasteiger partial charge in [0, 0.05) is 11.3 Å². The maximum atomic E-state index is 12.5. The Morgan fingerprint density at radius 1 is 0.852 bits per heavy atom. The molecule has 2 N–H and O–H groups in total. The zero-order valence-electron chi connectivity index (χ0n) is 15.1. The second kappa shape index (κ2) is 7.73. The van der Waals surface area contributed by atoms with E-state index < -0.39 is 10.0 Å². The van der Waals surface area contributed by atoms with Crippen LogP contribution in [0.4, 0.5) is 5.69 Å². The van der Waals surface area contributed by atoms with Gasteiger partial charge in [-0.05, 0) is 54.9 Å². The summed E-state index contributed by atoms with van der Waals surface area (Å²) in [5.41, 5.74) is 3.61. The summed E-state index contributed by atoms with van der Waals surface area (Å²) in [7, 11) is -2.23. The van der Waals surface area contributed by atoms with Gasteiger partial charge in [-0.25, -0.2) is 13.1 Å². The van der Waals surface area contributed by atoms with Crippen molar-refractivity contribution in [1.82, 2.24) is 4.72 Å². The van der Waals surface area contributed by atoms with Crippen LogP contribution < -0.4 is 10.0 Å². The van der Waals surface area contributed by atoms with E-state index in [4.69, 9.17) is 0 Å². The van der Waals surface area contributed by atoms with E-state index in [1.807, 2.05) is 42.5 Å². The molecule has 0 atom stereocenters. The average Bonchev–Trinajstić information content (AvgIpc) is 2.70. The number of carbonyl (C=O) groups is 1. The largest absolute Gasteiger partial charge is 0.322 e. The average molecular weight is 380 g/mol. The molecule has 0 aliphatic carbocycles. The third kappa shape index (κ3) is 4.24. The van der Waals surface area contributed by atoms with Gasteiger partial charge in [0.2, 0.25) is 10.0 Å². The van der Waals surface area contributed by atoms with E-state index in [0.717, 1.165) is 11.1 Å². The van der Waals surface area contributed by atoms with Crippen LogP contribution in [0.5, 0.6) is 0 Å². The fourth-order valence-electron chi connectivity index (χ4n) is 2.73. The molecule has 3 rings (SSSR count). The zero-order valence-corrected chi connectivity index (χ0v) is 15.9. The highest BCUT2D eigenvalue weighted by molar-refractivity contribution is 7.89. The minimum Gasteiger partial charge on any atom is -0.322 e. The highest BCUT2D eigenvalue weighted by Gasteiger charge is 2.16. The smallest absolute Gasteiger partial charge is 0.255 e. The van der Waals surface area contributed by atoms with Crippen molar-refractivity contribution in [3.05, 3.63) is 83.9 Å². The molecule has 0 spiro atoms. The number of nitrogens with one attached hydrogen (secondary N) is 2. The lowest BCUT2D eigenvalue weighted by molar-refractivity contribution is 0.102. The maximum absolute atomic E-state index is 12.5. The summed E-state index contributed by atoms with van der Waals surface area (Å²) in [6, 6.07) is 22.0. The van der Waals surface area contributed by atoms with Crippen molar-refractivity contribution >= 4 is 21.6 Å². The lowest BCUT2D eigenvalue weighted by Crippen LogP contribution is -2.20. The molecule has 1 amide bonds. The summed E-state index contributed by atoms with van der Waals surface area (Å²) in [5.74, 6) is -0.300. The number of rotatable bonds is 5. The van der Waals surface area contributed by atoms with Crippen LogP contribution in [0.25, 0.3) is 11.1 Å². The SMILES string of the molecule is CNS(=O)(=O)c1cc(NC(=O)c2ccc(-c3ccccc3)cc2)ccc1C. The Kier molecular flexibility index (Phi) is 5.39. The van der Waals surface area contributed by atoms with Crippen molar-refractivity contribution < 1.29 is 13.2 Å². The number of sulfonamides is 1. The molecule has 6 heteroatoms. The van der Waals surface area contributed by atoms with E-state index in [2.05, 4.69) is 10.0 Å². The van der Waals surface area contributed by atoms with Gasteiger partial charge in [-0.15, -0.1) is 0 Å². The zero-order chi connectivity index (χ0) is 19.4. The number of anilines is 1. The topological polar surface area (TPSA) is 75.3 Å². The lowest BCUT2D eigenvalue weighted by Gasteiger charge is -2.11. The molecule has 0 bridgehead atoms. The van der Waals surface area contributed by atoms with Gasteiger partial charge in [0.15, 0.2) is 0 Å². The number of amides is 1. The van der Waals surface area contributed by atoms with Crippen molar-refractivity contribution in [3.63, 3.8) is 0 Å². The normalized spacial score (nSPS) is 11.2. The van der Waals surface area contributed by atoms with Crippen molar-refractivity contribution in [2.45, 2.75) is 11.8 Å². The van der Waals surface area contributed by atoms with E-state index >= 15 is 0 Å². The van der Waals surface area contributed by atoms with Gasteiger partial charge < -0.3 is 5.32 Å². The molecule has 3 aromatic rings. The first kappa shape index (κ1) is 18.8. The molecule has 0 saturated heterocycles. The Balaban J connectivity index is 1.81. The molecule has 27 heavy (non-hydrogen) atoms. The van der Waals surface area contributed by atoms with Gasteiger partial charge in [0.25, 0.3) is 5.91 Å². The molecule has 0 unspecified atom stereocenters. The second-order valence-electron chi connectivity index (χ2n) is 6.09. The number of aryl methyl sites for hydroxylation is 1. The molecule has 0 aliphatic rings. The summed E-state index contributed by atoms with van der Waals surface area (Å²) in [6.45, 7) is 1.71. The van der Waals surface area contributed by atoms with Crippen molar-refractivity contribution in [3.8, 4) is 11.1 Å². The van der Waals surface area contributed by atoms with Gasteiger partial charge in [-0.1, -0.05) is 48.5 Å². The molecule has 0 aromatic heterocycles. The van der Waals surface area contributed by atoms with E-state index in [1.165, 1.54) is 13.1 Å². The molecule has 138 valence electrons. The Morgan fingerprint density at radius 3 is 2.11 bits per heavy atom. The fourth-order valence-corrected chi connectivity index (χ4v) is 3.72. The summed E-state index contributed by atoms with van der Waals surface area (Å²) >= 11 is 0. The van der Waals surface area contributed by atoms with E-state index in [-0.39, 0.29) is 10.8 Å². The van der Waals surface area contributed by atoms with Crippen LogP contribution >= 0.6 is 0 Å². The fraction of sp³-hybridized carbons (Fsp3) is 0.0952. The van der Waals surface area contributed by atoms with Crippen LogP contribution in [-0.4, -0.2) is 21.4 Å². The minimum atomic E-state index is -3.59. The Bertz CT molecular complexity index is 1060. The first-order valence-electron chi connectivity index (χ1n) is 8.42. The number of hydrogen-bond donors (Lipinski definition) is 2. The van der Waals surface area contributed by atoms with Crippen LogP contribution in [0.15, 0.2) is 77.7 Å². The highest BCUT2D eigenvalue weighted by atomic mass is 32.2. The standard InChI is InChI=1S/C21H20N2O3S/c1-15-8-13-19(14-20(15)27(25,26)22-2)23-21(24)18-11-9-17(10-12-18)16-6-4-3-5-7-16/h3-14,22H,1-2H3,(H,23,24). The molecular formula is C21H20N2O3S. The van der Waals surface area contributed by atoms with Gasteiger partial charge >= 0.3 is 0 Å². The highest BCUT2D eigenvalue weighted by Crippen LogP contribution is 2.22. The lowest BCUT2D eigenvalue weighted by atomic mass is 10.0. The summed E-state index contributed by atoms with van der Waals surface area (Å²) in [5, 5.41) is 2.75. The van der Waals surface area contributed by atoms with Gasteiger partial charge in [0.1, 0.15) is 0 Å². The van der Waals surface area contributed by atoms with E-state index in [1.54, 1.807) is 31.2 Å². The molecule has 0 radical (unpaired) electrons. The third-order valence-corrected chi connectivity index (χ3v) is 5.81. The molecule has 0 aliphatic heterocycles. The second-order valence-corrected chi connectivity index (χ2v) is 7.94. The monoisotopic (exact) mass is 380 g/mol.